The van der Waals surface area contributed by atoms with Crippen molar-refractivity contribution >= 4 is 52.4 Å². The van der Waals surface area contributed by atoms with Crippen LogP contribution in [-0.4, -0.2) is 80.2 Å². The van der Waals surface area contributed by atoms with Gasteiger partial charge in [-0.15, -0.1) is 0 Å². The van der Waals surface area contributed by atoms with E-state index in [0.29, 0.717) is 12.2 Å². The predicted molar refractivity (Wildman–Crippen MR) is 202 cm³/mol. The zero-order chi connectivity index (χ0) is 37.3. The molecule has 2 saturated heterocycles. The summed E-state index contributed by atoms with van der Waals surface area (Å²) in [4.78, 5) is 72.0. The van der Waals surface area contributed by atoms with Crippen LogP contribution in [-0.2, 0) is 27.3 Å². The van der Waals surface area contributed by atoms with E-state index in [0.717, 1.165) is 91.3 Å². The predicted octanol–water partition coefficient (Wildman–Crippen LogP) is 4.06. The summed E-state index contributed by atoms with van der Waals surface area (Å²) in [6.07, 6.45) is 8.29. The molecule has 2 aromatic heterocycles. The maximum Gasteiger partial charge on any atom is 0.264 e. The van der Waals surface area contributed by atoms with Crippen LogP contribution < -0.4 is 26.2 Å². The fourth-order valence-corrected chi connectivity index (χ4v) is 8.31. The standard InChI is InChI=1S/C40H45N9O5/c1-2-4-26-22-34(49-33(43-26)15-18-42-49)44-27-9-10-28(21-27)45-37(51)25-16-19-47(20-17-25)29-11-7-24(8-12-29)23-41-31-6-3-5-30-36(31)40(54)48(39(30)53)32-13-14-35(50)46-38(32)52/h3,5-8,11-12,15,18,22,25,27-28,32,41,44H,2,4,9-10,13-14,16-17,19-21,23H2,1H3,(H,45,51)(H,46,50,52)/t27-,28-,32?/m1/s1. The average Bonchev–Trinajstić information content (AvgIpc) is 3.90. The van der Waals surface area contributed by atoms with E-state index < -0.39 is 29.7 Å². The van der Waals surface area contributed by atoms with Crippen molar-refractivity contribution in [3.05, 3.63) is 83.2 Å². The van der Waals surface area contributed by atoms with Crippen molar-refractivity contribution in [1.29, 1.82) is 0 Å². The highest BCUT2D eigenvalue weighted by atomic mass is 16.2. The Balaban J connectivity index is 0.809. The van der Waals surface area contributed by atoms with Crippen molar-refractivity contribution in [1.82, 2.24) is 30.1 Å². The summed E-state index contributed by atoms with van der Waals surface area (Å²) in [5, 5.41) is 17.0. The first kappa shape index (κ1) is 35.3. The van der Waals surface area contributed by atoms with Gasteiger partial charge in [0.2, 0.25) is 17.7 Å². The van der Waals surface area contributed by atoms with Crippen molar-refractivity contribution in [2.75, 3.05) is 28.6 Å². The number of fused-ring (bicyclic) bond motifs is 2. The number of imide groups is 2. The third-order valence-electron chi connectivity index (χ3n) is 11.2. The van der Waals surface area contributed by atoms with E-state index >= 15 is 0 Å². The number of carbonyl (C=O) groups excluding carboxylic acids is 5. The summed E-state index contributed by atoms with van der Waals surface area (Å²) in [6, 6.07) is 16.7. The van der Waals surface area contributed by atoms with Gasteiger partial charge >= 0.3 is 0 Å². The summed E-state index contributed by atoms with van der Waals surface area (Å²) < 4.78 is 1.85. The Kier molecular flexibility index (Phi) is 9.74. The second kappa shape index (κ2) is 14.9. The molecule has 4 aromatic rings. The van der Waals surface area contributed by atoms with E-state index in [4.69, 9.17) is 4.98 Å². The zero-order valence-corrected chi connectivity index (χ0v) is 30.3. The largest absolute Gasteiger partial charge is 0.380 e. The Morgan fingerprint density at radius 1 is 0.926 bits per heavy atom. The molecule has 5 amide bonds. The highest BCUT2D eigenvalue weighted by Gasteiger charge is 2.45. The molecule has 0 bridgehead atoms. The molecule has 2 aromatic carbocycles. The molecule has 0 spiro atoms. The van der Waals surface area contributed by atoms with E-state index in [1.807, 2.05) is 22.7 Å². The van der Waals surface area contributed by atoms with Crippen LogP contribution in [0.25, 0.3) is 5.65 Å². The molecule has 54 heavy (non-hydrogen) atoms. The quantitative estimate of drug-likeness (QED) is 0.165. The number of nitrogens with zero attached hydrogens (tertiary/aromatic N) is 5. The summed E-state index contributed by atoms with van der Waals surface area (Å²) in [5.41, 5.74) is 4.98. The lowest BCUT2D eigenvalue weighted by Crippen LogP contribution is -2.54. The van der Waals surface area contributed by atoms with E-state index in [-0.39, 0.29) is 47.9 Å². The summed E-state index contributed by atoms with van der Waals surface area (Å²) in [6.45, 7) is 4.16. The van der Waals surface area contributed by atoms with Gasteiger partial charge in [0.05, 0.1) is 17.3 Å². The molecule has 0 radical (unpaired) electrons. The Morgan fingerprint density at radius 2 is 1.72 bits per heavy atom. The Hall–Kier alpha value is -5.79. The van der Waals surface area contributed by atoms with Crippen LogP contribution >= 0.6 is 0 Å². The fraction of sp³-hybridized carbons (Fsp3) is 0.425. The van der Waals surface area contributed by atoms with Gasteiger partial charge in [0.25, 0.3) is 11.8 Å². The van der Waals surface area contributed by atoms with Crippen molar-refractivity contribution in [2.24, 2.45) is 5.92 Å². The molecule has 3 atom stereocenters. The van der Waals surface area contributed by atoms with Crippen LogP contribution in [0.4, 0.5) is 17.2 Å². The van der Waals surface area contributed by atoms with Crippen LogP contribution in [0.2, 0.25) is 0 Å². The number of carbonyl (C=O) groups is 5. The lowest BCUT2D eigenvalue weighted by atomic mass is 9.95. The van der Waals surface area contributed by atoms with E-state index in [2.05, 4.69) is 56.4 Å². The first-order chi connectivity index (χ1) is 26.2. The second-order valence-electron chi connectivity index (χ2n) is 14.8. The number of amides is 5. The molecule has 14 heteroatoms. The highest BCUT2D eigenvalue weighted by Crippen LogP contribution is 2.33. The molecule has 3 fully saturated rings. The molecule has 1 unspecified atom stereocenters. The Bertz CT molecular complexity index is 2110. The monoisotopic (exact) mass is 731 g/mol. The number of aryl methyl sites for hydroxylation is 1. The van der Waals surface area contributed by atoms with Crippen LogP contribution in [0.15, 0.2) is 60.8 Å². The van der Waals surface area contributed by atoms with Gasteiger partial charge in [-0.2, -0.15) is 9.61 Å². The second-order valence-corrected chi connectivity index (χ2v) is 14.8. The van der Waals surface area contributed by atoms with Gasteiger partial charge in [-0.3, -0.25) is 34.2 Å². The number of anilines is 3. The van der Waals surface area contributed by atoms with Gasteiger partial charge in [0.1, 0.15) is 11.9 Å². The fourth-order valence-electron chi connectivity index (χ4n) is 8.31. The molecule has 3 aliphatic heterocycles. The van der Waals surface area contributed by atoms with Gasteiger partial charge in [-0.05, 0) is 74.8 Å². The van der Waals surface area contributed by atoms with Crippen LogP contribution in [0.5, 0.6) is 0 Å². The minimum absolute atomic E-state index is 0.00895. The van der Waals surface area contributed by atoms with Crippen LogP contribution in [0.1, 0.15) is 90.3 Å². The molecule has 14 nitrogen and oxygen atoms in total. The van der Waals surface area contributed by atoms with Gasteiger partial charge in [-0.25, -0.2) is 4.98 Å². The van der Waals surface area contributed by atoms with Gasteiger partial charge < -0.3 is 20.9 Å². The molecule has 5 heterocycles. The summed E-state index contributed by atoms with van der Waals surface area (Å²) in [7, 11) is 0. The minimum Gasteiger partial charge on any atom is -0.380 e. The van der Waals surface area contributed by atoms with Crippen molar-refractivity contribution in [3.8, 4) is 0 Å². The normalized spacial score (nSPS) is 21.8. The molecule has 4 aliphatic rings. The molecule has 1 saturated carbocycles. The average molecular weight is 732 g/mol. The molecule has 4 N–H and O–H groups in total. The topological polar surface area (TPSA) is 170 Å². The third-order valence-corrected chi connectivity index (χ3v) is 11.2. The summed E-state index contributed by atoms with van der Waals surface area (Å²) >= 11 is 0. The number of hydrogen-bond donors (Lipinski definition) is 4. The SMILES string of the molecule is CCCc1cc(N[C@@H]2CC[C@@H](NC(=O)C3CCN(c4ccc(CNc5cccc6c5C(=O)N(C5CCC(=O)NC5=O)C6=O)cc4)CC3)C2)n2nccc2n1. The molecular weight excluding hydrogens is 686 g/mol. The first-order valence-electron chi connectivity index (χ1n) is 19.1. The Labute approximate surface area is 313 Å². The summed E-state index contributed by atoms with van der Waals surface area (Å²) in [5.74, 6) is -1.01. The minimum atomic E-state index is -1.01. The third kappa shape index (κ3) is 6.99. The Morgan fingerprint density at radius 3 is 2.50 bits per heavy atom. The maximum absolute atomic E-state index is 13.4. The van der Waals surface area contributed by atoms with Crippen LogP contribution in [0.3, 0.4) is 0 Å². The van der Waals surface area contributed by atoms with Gasteiger partial charge in [0, 0.05) is 73.3 Å². The van der Waals surface area contributed by atoms with E-state index in [1.165, 1.54) is 0 Å². The van der Waals surface area contributed by atoms with Crippen molar-refractivity contribution < 1.29 is 24.0 Å². The highest BCUT2D eigenvalue weighted by molar-refractivity contribution is 6.25. The smallest absolute Gasteiger partial charge is 0.264 e. The lowest BCUT2D eigenvalue weighted by Gasteiger charge is -2.33. The van der Waals surface area contributed by atoms with Crippen molar-refractivity contribution in [3.63, 3.8) is 0 Å². The number of aromatic nitrogens is 3. The zero-order valence-electron chi connectivity index (χ0n) is 30.3. The lowest BCUT2D eigenvalue weighted by molar-refractivity contribution is -0.136. The molecule has 280 valence electrons. The van der Waals surface area contributed by atoms with Crippen molar-refractivity contribution in [2.45, 2.75) is 89.4 Å². The van der Waals surface area contributed by atoms with Crippen LogP contribution in [0, 0.1) is 5.92 Å². The molecule has 8 rings (SSSR count). The first-order valence-corrected chi connectivity index (χ1v) is 19.1. The number of piperidine rings is 2. The molecular formula is C40H45N9O5. The number of nitrogens with one attached hydrogen (secondary N) is 4. The number of benzene rings is 2. The van der Waals surface area contributed by atoms with E-state index in [9.17, 15) is 24.0 Å². The molecule has 1 aliphatic carbocycles. The van der Waals surface area contributed by atoms with E-state index in [1.54, 1.807) is 24.4 Å². The maximum atomic E-state index is 13.4. The number of hydrogen-bond acceptors (Lipinski definition) is 10. The van der Waals surface area contributed by atoms with Gasteiger partial charge in [-0.1, -0.05) is 31.5 Å². The van der Waals surface area contributed by atoms with Gasteiger partial charge in [0.15, 0.2) is 5.65 Å². The number of rotatable bonds is 11.